The van der Waals surface area contributed by atoms with Crippen LogP contribution in [0.4, 0.5) is 5.69 Å². The van der Waals surface area contributed by atoms with Gasteiger partial charge in [0.15, 0.2) is 0 Å². The molecule has 1 N–H and O–H groups in total. The van der Waals surface area contributed by atoms with Crippen LogP contribution in [0.1, 0.15) is 46.1 Å². The van der Waals surface area contributed by atoms with E-state index in [1.807, 2.05) is 23.9 Å². The number of carbonyl (C=O) groups excluding carboxylic acids is 1. The lowest BCUT2D eigenvalue weighted by Crippen LogP contribution is -2.55. The Bertz CT molecular complexity index is 653. The Morgan fingerprint density at radius 1 is 1.21 bits per heavy atom. The van der Waals surface area contributed by atoms with Crippen molar-refractivity contribution in [2.75, 3.05) is 31.6 Å². The van der Waals surface area contributed by atoms with Crippen LogP contribution in [0.2, 0.25) is 0 Å². The molecule has 162 valence electrons. The lowest BCUT2D eigenvalue weighted by atomic mass is 9.99. The Hall–Kier alpha value is -1.08. The number of morpholine rings is 1. The second-order valence-corrected chi connectivity index (χ2v) is 10.0. The molecular weight excluding hydrogens is 384 g/mol. The van der Waals surface area contributed by atoms with Crippen molar-refractivity contribution in [1.29, 1.82) is 0 Å². The van der Waals surface area contributed by atoms with Crippen LogP contribution in [0.3, 0.4) is 0 Å². The van der Waals surface area contributed by atoms with E-state index < -0.39 is 0 Å². The predicted molar refractivity (Wildman–Crippen MR) is 120 cm³/mol. The van der Waals surface area contributed by atoms with Gasteiger partial charge in [0.05, 0.1) is 18.2 Å². The molecule has 29 heavy (non-hydrogen) atoms. The number of anilines is 1. The summed E-state index contributed by atoms with van der Waals surface area (Å²) in [7, 11) is 0. The molecule has 0 radical (unpaired) electrons. The number of nitrogens with zero attached hydrogens (tertiary/aromatic N) is 1. The minimum absolute atomic E-state index is 0.0792. The number of thioether (sulfide) groups is 1. The number of hydrogen-bond acceptors (Lipinski definition) is 5. The molecule has 2 fully saturated rings. The van der Waals surface area contributed by atoms with Crippen molar-refractivity contribution < 1.29 is 14.3 Å². The Morgan fingerprint density at radius 3 is 2.55 bits per heavy atom. The number of hydrogen-bond donors (Lipinski definition) is 1. The molecule has 6 heteroatoms. The highest BCUT2D eigenvalue weighted by Crippen LogP contribution is 2.27. The van der Waals surface area contributed by atoms with Gasteiger partial charge in [0.2, 0.25) is 5.91 Å². The van der Waals surface area contributed by atoms with Crippen LogP contribution in [0.15, 0.2) is 24.3 Å². The number of carbonyl (C=O) groups is 1. The second-order valence-electron chi connectivity index (χ2n) is 8.71. The summed E-state index contributed by atoms with van der Waals surface area (Å²) in [5.74, 6) is 1.29. The molecule has 1 aromatic rings. The molecule has 1 aromatic carbocycles. The third-order valence-electron chi connectivity index (χ3n) is 5.59. The standard InChI is InChI=1S/C23H36N2O3S/c1-16(2)22(25-13-17(3)28-18(4)14-25)23(26)24-20-7-5-6-19(12-20)15-29-21-8-10-27-11-9-21/h5-7,12,16-18,21-22H,8-11,13-15H2,1-4H3,(H,24,26). The molecule has 2 aliphatic rings. The fourth-order valence-electron chi connectivity index (χ4n) is 4.35. The lowest BCUT2D eigenvalue weighted by Gasteiger charge is -2.41. The summed E-state index contributed by atoms with van der Waals surface area (Å²) in [6.07, 6.45) is 2.57. The topological polar surface area (TPSA) is 50.8 Å². The molecule has 1 amide bonds. The molecule has 0 aliphatic carbocycles. The van der Waals surface area contributed by atoms with Gasteiger partial charge in [-0.05, 0) is 50.3 Å². The number of ether oxygens (including phenoxy) is 2. The van der Waals surface area contributed by atoms with Crippen LogP contribution in [-0.2, 0) is 20.0 Å². The molecule has 0 bridgehead atoms. The average Bonchev–Trinajstić information content (AvgIpc) is 2.66. The molecule has 3 atom stereocenters. The quantitative estimate of drug-likeness (QED) is 0.717. The van der Waals surface area contributed by atoms with Gasteiger partial charge in [-0.15, -0.1) is 0 Å². The first-order chi connectivity index (χ1) is 13.9. The van der Waals surface area contributed by atoms with E-state index in [0.29, 0.717) is 5.25 Å². The Morgan fingerprint density at radius 2 is 1.90 bits per heavy atom. The van der Waals surface area contributed by atoms with Crippen molar-refractivity contribution in [2.24, 2.45) is 5.92 Å². The first kappa shape index (κ1) is 22.6. The zero-order valence-electron chi connectivity index (χ0n) is 18.2. The molecule has 3 unspecified atom stereocenters. The Balaban J connectivity index is 1.60. The van der Waals surface area contributed by atoms with Crippen molar-refractivity contribution in [3.63, 3.8) is 0 Å². The van der Waals surface area contributed by atoms with E-state index in [1.165, 1.54) is 5.56 Å². The number of nitrogens with one attached hydrogen (secondary N) is 1. The normalized spacial score (nSPS) is 25.1. The molecule has 3 rings (SSSR count). The summed E-state index contributed by atoms with van der Waals surface area (Å²) in [4.78, 5) is 15.5. The first-order valence-electron chi connectivity index (χ1n) is 10.9. The summed E-state index contributed by atoms with van der Waals surface area (Å²) in [6, 6.07) is 8.14. The Kier molecular flexibility index (Phi) is 8.42. The van der Waals surface area contributed by atoms with Gasteiger partial charge in [0.1, 0.15) is 0 Å². The molecule has 0 spiro atoms. The van der Waals surface area contributed by atoms with Crippen LogP contribution in [0, 0.1) is 5.92 Å². The fourth-order valence-corrected chi connectivity index (χ4v) is 5.48. The van der Waals surface area contributed by atoms with Gasteiger partial charge in [0, 0.05) is 43.0 Å². The third kappa shape index (κ3) is 6.71. The summed E-state index contributed by atoms with van der Waals surface area (Å²) >= 11 is 2.00. The molecule has 0 saturated carbocycles. The molecular formula is C23H36N2O3S. The van der Waals surface area contributed by atoms with E-state index in [4.69, 9.17) is 9.47 Å². The number of amides is 1. The maximum atomic E-state index is 13.2. The van der Waals surface area contributed by atoms with Crippen molar-refractivity contribution in [3.8, 4) is 0 Å². The van der Waals surface area contributed by atoms with Crippen LogP contribution >= 0.6 is 11.8 Å². The van der Waals surface area contributed by atoms with Gasteiger partial charge in [-0.1, -0.05) is 26.0 Å². The van der Waals surface area contributed by atoms with Crippen molar-refractivity contribution in [3.05, 3.63) is 29.8 Å². The highest BCUT2D eigenvalue weighted by molar-refractivity contribution is 7.99. The highest BCUT2D eigenvalue weighted by Gasteiger charge is 2.34. The molecule has 2 saturated heterocycles. The first-order valence-corrected chi connectivity index (χ1v) is 12.0. The van der Waals surface area contributed by atoms with Gasteiger partial charge in [-0.25, -0.2) is 0 Å². The molecule has 0 aromatic heterocycles. The van der Waals surface area contributed by atoms with Crippen molar-refractivity contribution in [1.82, 2.24) is 4.90 Å². The molecule has 2 heterocycles. The van der Waals surface area contributed by atoms with Gasteiger partial charge in [-0.2, -0.15) is 11.8 Å². The highest BCUT2D eigenvalue weighted by atomic mass is 32.2. The largest absolute Gasteiger partial charge is 0.381 e. The molecule has 5 nitrogen and oxygen atoms in total. The van der Waals surface area contributed by atoms with Crippen LogP contribution in [0.5, 0.6) is 0 Å². The second kappa shape index (κ2) is 10.8. The third-order valence-corrected chi connectivity index (χ3v) is 7.03. The summed E-state index contributed by atoms with van der Waals surface area (Å²) in [6.45, 7) is 11.7. The summed E-state index contributed by atoms with van der Waals surface area (Å²) in [5, 5.41) is 3.86. The smallest absolute Gasteiger partial charge is 0.241 e. The van der Waals surface area contributed by atoms with E-state index in [2.05, 4.69) is 50.0 Å². The lowest BCUT2D eigenvalue weighted by molar-refractivity contribution is -0.130. The van der Waals surface area contributed by atoms with Gasteiger partial charge < -0.3 is 14.8 Å². The maximum absolute atomic E-state index is 13.2. The van der Waals surface area contributed by atoms with Gasteiger partial charge >= 0.3 is 0 Å². The van der Waals surface area contributed by atoms with E-state index in [0.717, 1.165) is 50.6 Å². The maximum Gasteiger partial charge on any atom is 0.241 e. The monoisotopic (exact) mass is 420 g/mol. The van der Waals surface area contributed by atoms with Crippen LogP contribution < -0.4 is 5.32 Å². The summed E-state index contributed by atoms with van der Waals surface area (Å²) < 4.78 is 11.3. The van der Waals surface area contributed by atoms with Crippen LogP contribution in [0.25, 0.3) is 0 Å². The molecule has 2 aliphatic heterocycles. The zero-order chi connectivity index (χ0) is 20.8. The summed E-state index contributed by atoms with van der Waals surface area (Å²) in [5.41, 5.74) is 2.15. The van der Waals surface area contributed by atoms with E-state index >= 15 is 0 Å². The zero-order valence-corrected chi connectivity index (χ0v) is 19.0. The van der Waals surface area contributed by atoms with Crippen molar-refractivity contribution in [2.45, 2.75) is 69.8 Å². The Labute approximate surface area is 179 Å². The van der Waals surface area contributed by atoms with E-state index in [-0.39, 0.29) is 30.1 Å². The van der Waals surface area contributed by atoms with Crippen molar-refractivity contribution >= 4 is 23.4 Å². The average molecular weight is 421 g/mol. The predicted octanol–water partition coefficient (Wildman–Crippen LogP) is 4.17. The SMILES string of the molecule is CC1CN(C(C(=O)Nc2cccc(CSC3CCOCC3)c2)C(C)C)CC(C)O1. The minimum Gasteiger partial charge on any atom is -0.381 e. The van der Waals surface area contributed by atoms with Gasteiger partial charge in [0.25, 0.3) is 0 Å². The minimum atomic E-state index is -0.149. The van der Waals surface area contributed by atoms with E-state index in [1.54, 1.807) is 0 Å². The fraction of sp³-hybridized carbons (Fsp3) is 0.696. The number of benzene rings is 1. The van der Waals surface area contributed by atoms with Gasteiger partial charge in [-0.3, -0.25) is 9.69 Å². The van der Waals surface area contributed by atoms with E-state index in [9.17, 15) is 4.79 Å². The number of rotatable bonds is 7. The van der Waals surface area contributed by atoms with Crippen LogP contribution in [-0.4, -0.2) is 60.6 Å².